The number of para-hydroxylation sites is 2. The van der Waals surface area contributed by atoms with Crippen molar-refractivity contribution in [3.05, 3.63) is 121 Å². The second-order valence-corrected chi connectivity index (χ2v) is 11.9. The maximum atomic E-state index is 6.89. The molecule has 0 aliphatic carbocycles. The van der Waals surface area contributed by atoms with E-state index in [0.717, 1.165) is 101 Å². The van der Waals surface area contributed by atoms with Gasteiger partial charge < -0.3 is 23.4 Å². The fraction of sp³-hybridized carbons (Fsp3) is 0. The third-order valence-corrected chi connectivity index (χ3v) is 9.53. The summed E-state index contributed by atoms with van der Waals surface area (Å²) in [6.45, 7) is -0.346. The van der Waals surface area contributed by atoms with Crippen LogP contribution in [0, 0.1) is 0 Å². The van der Waals surface area contributed by atoms with Crippen LogP contribution in [0.2, 0.25) is 0 Å². The Hall–Kier alpha value is -5.81. The molecule has 6 aromatic carbocycles. The molecule has 0 atom stereocenters. The molecule has 45 heavy (non-hydrogen) atoms. The topological polar surface area (TPSA) is 50.1 Å². The Balaban J connectivity index is 1.18. The molecule has 5 nitrogen and oxygen atoms in total. The minimum Gasteiger partial charge on any atom is -0.466 e. The molecule has 0 fully saturated rings. The smallest absolute Gasteiger partial charge is 0.305 e. The van der Waals surface area contributed by atoms with Gasteiger partial charge in [-0.3, -0.25) is 0 Å². The fourth-order valence-corrected chi connectivity index (χ4v) is 7.63. The van der Waals surface area contributed by atoms with Crippen LogP contribution in [0.15, 0.2) is 126 Å². The van der Waals surface area contributed by atoms with Gasteiger partial charge >= 0.3 is 6.71 Å². The van der Waals surface area contributed by atoms with Crippen molar-refractivity contribution >= 4 is 57.4 Å². The first-order chi connectivity index (χ1) is 22.3. The first-order valence-corrected chi connectivity index (χ1v) is 15.1. The Morgan fingerprint density at radius 2 is 1.07 bits per heavy atom. The highest BCUT2D eigenvalue weighted by molar-refractivity contribution is 7.01. The number of hydrogen-bond donors (Lipinski definition) is 0. The Kier molecular flexibility index (Phi) is 4.42. The van der Waals surface area contributed by atoms with Gasteiger partial charge in [-0.15, -0.1) is 0 Å². The molecule has 0 spiro atoms. The second-order valence-electron chi connectivity index (χ2n) is 11.9. The first-order valence-electron chi connectivity index (χ1n) is 15.1. The monoisotopic (exact) mass is 578 g/mol. The van der Waals surface area contributed by atoms with E-state index in [1.807, 2.05) is 66.7 Å². The van der Waals surface area contributed by atoms with Crippen molar-refractivity contribution < 1.29 is 23.4 Å². The molecule has 0 saturated heterocycles. The average molecular weight is 578 g/mol. The summed E-state index contributed by atoms with van der Waals surface area (Å²) in [5, 5.41) is 0.962. The van der Waals surface area contributed by atoms with Crippen molar-refractivity contribution in [1.29, 1.82) is 0 Å². The number of hydrogen-bond acceptors (Lipinski definition) is 5. The molecule has 7 heteroatoms. The summed E-state index contributed by atoms with van der Waals surface area (Å²) < 4.78 is 33.3. The van der Waals surface area contributed by atoms with Crippen molar-refractivity contribution in [3.8, 4) is 57.1 Å². The third-order valence-electron chi connectivity index (χ3n) is 9.53. The van der Waals surface area contributed by atoms with Gasteiger partial charge in [0.25, 0.3) is 6.71 Å². The summed E-state index contributed by atoms with van der Waals surface area (Å²) in [6, 6.07) is 41.1. The van der Waals surface area contributed by atoms with Gasteiger partial charge in [-0.1, -0.05) is 72.8 Å². The van der Waals surface area contributed by atoms with E-state index in [1.165, 1.54) is 0 Å². The standard InChI is InChI=1S/C38H20B2O5/c1-2-9-21(10-3-1)22-19-31-34-32(20-22)42-30-18-17-25-37(35(30)39(34)24-12-5-7-14-27(24)41-31)44-29-16-8-15-28-33(29)40(25)38-36(43-28)23-11-4-6-13-26(23)45-38/h1-20H. The molecule has 5 heterocycles. The molecule has 0 N–H and O–H groups in total. The van der Waals surface area contributed by atoms with Gasteiger partial charge in [-0.25, -0.2) is 0 Å². The maximum Gasteiger partial charge on any atom is 0.305 e. The summed E-state index contributed by atoms with van der Waals surface area (Å²) in [5.41, 5.74) is 8.82. The van der Waals surface area contributed by atoms with Crippen LogP contribution in [0.4, 0.5) is 0 Å². The van der Waals surface area contributed by atoms with E-state index in [-0.39, 0.29) is 13.4 Å². The largest absolute Gasteiger partial charge is 0.466 e. The maximum absolute atomic E-state index is 6.89. The zero-order valence-electron chi connectivity index (χ0n) is 23.7. The highest BCUT2D eigenvalue weighted by Gasteiger charge is 2.48. The molecular weight excluding hydrogens is 558 g/mol. The summed E-state index contributed by atoms with van der Waals surface area (Å²) in [7, 11) is 0. The normalized spacial score (nSPS) is 14.0. The van der Waals surface area contributed by atoms with Gasteiger partial charge in [0.2, 0.25) is 0 Å². The number of rotatable bonds is 1. The molecular formula is C38H20B2O5. The molecule has 0 saturated carbocycles. The lowest BCUT2D eigenvalue weighted by molar-refractivity contribution is 0.452. The Morgan fingerprint density at radius 1 is 0.400 bits per heavy atom. The molecule has 0 bridgehead atoms. The number of ether oxygens (including phenoxy) is 4. The summed E-state index contributed by atoms with van der Waals surface area (Å²) in [6.07, 6.45) is 0. The predicted molar refractivity (Wildman–Crippen MR) is 177 cm³/mol. The minimum atomic E-state index is -0.196. The molecule has 1 aromatic heterocycles. The second kappa shape index (κ2) is 8.42. The Bertz CT molecular complexity index is 2400. The van der Waals surface area contributed by atoms with E-state index in [0.29, 0.717) is 0 Å². The van der Waals surface area contributed by atoms with Crippen LogP contribution in [0.1, 0.15) is 0 Å². The van der Waals surface area contributed by atoms with Gasteiger partial charge in [0.1, 0.15) is 51.5 Å². The van der Waals surface area contributed by atoms with Crippen LogP contribution in [0.5, 0.6) is 46.0 Å². The summed E-state index contributed by atoms with van der Waals surface area (Å²) in [5.74, 6) is 6.30. The number of furan rings is 1. The van der Waals surface area contributed by atoms with Gasteiger partial charge in [0.15, 0.2) is 5.75 Å². The minimum absolute atomic E-state index is 0.150. The van der Waals surface area contributed by atoms with Crippen LogP contribution in [-0.4, -0.2) is 13.4 Å². The summed E-state index contributed by atoms with van der Waals surface area (Å²) >= 11 is 0. The molecule has 4 aliphatic heterocycles. The molecule has 0 unspecified atom stereocenters. The lowest BCUT2D eigenvalue weighted by Gasteiger charge is -2.37. The molecule has 0 radical (unpaired) electrons. The Morgan fingerprint density at radius 3 is 1.93 bits per heavy atom. The van der Waals surface area contributed by atoms with E-state index < -0.39 is 0 Å². The Labute approximate surface area is 258 Å². The first kappa shape index (κ1) is 23.6. The van der Waals surface area contributed by atoms with Crippen molar-refractivity contribution in [1.82, 2.24) is 0 Å². The van der Waals surface area contributed by atoms with Gasteiger partial charge in [0, 0.05) is 16.4 Å². The van der Waals surface area contributed by atoms with E-state index in [9.17, 15) is 0 Å². The molecule has 208 valence electrons. The zero-order valence-corrected chi connectivity index (χ0v) is 23.7. The van der Waals surface area contributed by atoms with Crippen molar-refractivity contribution in [3.63, 3.8) is 0 Å². The predicted octanol–water partition coefficient (Wildman–Crippen LogP) is 5.56. The molecule has 0 amide bonds. The van der Waals surface area contributed by atoms with Gasteiger partial charge in [-0.05, 0) is 70.6 Å². The molecule has 7 aromatic rings. The van der Waals surface area contributed by atoms with E-state index >= 15 is 0 Å². The quantitative estimate of drug-likeness (QED) is 0.239. The van der Waals surface area contributed by atoms with Crippen LogP contribution in [0.25, 0.3) is 22.1 Å². The highest BCUT2D eigenvalue weighted by Crippen LogP contribution is 2.42. The highest BCUT2D eigenvalue weighted by atomic mass is 16.5. The van der Waals surface area contributed by atoms with Gasteiger partial charge in [-0.2, -0.15) is 0 Å². The zero-order chi connectivity index (χ0) is 29.2. The molecule has 11 rings (SSSR count). The van der Waals surface area contributed by atoms with Crippen molar-refractivity contribution in [2.45, 2.75) is 0 Å². The molecule has 4 aliphatic rings. The van der Waals surface area contributed by atoms with Crippen molar-refractivity contribution in [2.75, 3.05) is 0 Å². The van der Waals surface area contributed by atoms with E-state index in [2.05, 4.69) is 54.6 Å². The SMILES string of the molecule is c1ccc(-c2cc3c4c(c2)Oc2ccc5c(c2B4c2ccccc2O3)Oc2cccc3c2B5c2oc4ccccc4c2O3)cc1. The van der Waals surface area contributed by atoms with Gasteiger partial charge in [0.05, 0.1) is 5.39 Å². The summed E-state index contributed by atoms with van der Waals surface area (Å²) in [4.78, 5) is 0. The van der Waals surface area contributed by atoms with Crippen LogP contribution in [-0.2, 0) is 0 Å². The van der Waals surface area contributed by atoms with Crippen molar-refractivity contribution in [2.24, 2.45) is 0 Å². The van der Waals surface area contributed by atoms with E-state index in [1.54, 1.807) is 0 Å². The van der Waals surface area contributed by atoms with E-state index in [4.69, 9.17) is 23.4 Å². The lowest BCUT2D eigenvalue weighted by Crippen LogP contribution is -2.62. The average Bonchev–Trinajstić information content (AvgIpc) is 3.46. The number of benzene rings is 6. The van der Waals surface area contributed by atoms with Crippen LogP contribution in [0.3, 0.4) is 0 Å². The van der Waals surface area contributed by atoms with Crippen LogP contribution < -0.4 is 51.9 Å². The lowest BCUT2D eigenvalue weighted by atomic mass is 9.32. The van der Waals surface area contributed by atoms with Crippen LogP contribution >= 0.6 is 0 Å². The number of fused-ring (bicyclic) bond motifs is 11. The fourth-order valence-electron chi connectivity index (χ4n) is 7.63. The third kappa shape index (κ3) is 3.09.